The van der Waals surface area contributed by atoms with Gasteiger partial charge >= 0.3 is 5.97 Å². The van der Waals surface area contributed by atoms with Crippen LogP contribution in [0.25, 0.3) is 10.9 Å². The molecular weight excluding hydrogens is 372 g/mol. The van der Waals surface area contributed by atoms with Crippen molar-refractivity contribution >= 4 is 38.5 Å². The number of fused-ring (bicyclic) bond motifs is 1. The van der Waals surface area contributed by atoms with Gasteiger partial charge in [-0.05, 0) is 12.1 Å². The monoisotopic (exact) mass is 394 g/mol. The minimum absolute atomic E-state index is 0.187. The number of benzene rings is 1. The molecule has 0 spiro atoms. The summed E-state index contributed by atoms with van der Waals surface area (Å²) in [7, 11) is -3.28. The van der Waals surface area contributed by atoms with Crippen molar-refractivity contribution in [1.82, 2.24) is 14.2 Å². The number of rotatable bonds is 5. The van der Waals surface area contributed by atoms with Crippen LogP contribution in [0.3, 0.4) is 0 Å². The van der Waals surface area contributed by atoms with Gasteiger partial charge in [0.1, 0.15) is 6.04 Å². The molecule has 2 heterocycles. The number of aromatic amines is 1. The van der Waals surface area contributed by atoms with Gasteiger partial charge in [-0.1, -0.05) is 6.07 Å². The van der Waals surface area contributed by atoms with Crippen LogP contribution in [0.5, 0.6) is 0 Å². The average molecular weight is 394 g/mol. The molecule has 1 atom stereocenters. The Labute approximate surface area is 157 Å². The predicted molar refractivity (Wildman–Crippen MR) is 101 cm³/mol. The molecule has 0 aliphatic carbocycles. The number of nitrogens with one attached hydrogen (secondary N) is 2. The molecular formula is C17H22N4O5S. The van der Waals surface area contributed by atoms with Crippen LogP contribution >= 0.6 is 0 Å². The normalized spacial score (nSPS) is 17.7. The van der Waals surface area contributed by atoms with Crippen molar-refractivity contribution in [1.29, 1.82) is 0 Å². The Morgan fingerprint density at radius 3 is 2.44 bits per heavy atom. The second kappa shape index (κ2) is 7.29. The molecule has 0 unspecified atom stereocenters. The molecule has 0 bridgehead atoms. The number of carbonyl (C=O) groups is 2. The number of aliphatic carboxylic acids is 1. The summed E-state index contributed by atoms with van der Waals surface area (Å²) in [6.45, 7) is 2.61. The number of piperazine rings is 1. The molecule has 3 rings (SSSR count). The molecule has 1 amide bonds. The molecule has 1 fully saturated rings. The van der Waals surface area contributed by atoms with E-state index in [0.717, 1.165) is 17.2 Å². The number of hydrogen-bond acceptors (Lipinski definition) is 5. The van der Waals surface area contributed by atoms with Crippen LogP contribution in [0.2, 0.25) is 0 Å². The first-order valence-corrected chi connectivity index (χ1v) is 10.3. The third-order valence-electron chi connectivity index (χ3n) is 4.67. The van der Waals surface area contributed by atoms with Crippen molar-refractivity contribution in [2.24, 2.45) is 0 Å². The Morgan fingerprint density at radius 2 is 1.89 bits per heavy atom. The van der Waals surface area contributed by atoms with Crippen LogP contribution in [-0.2, 0) is 19.6 Å². The summed E-state index contributed by atoms with van der Waals surface area (Å²) in [5.41, 5.74) is 1.95. The van der Waals surface area contributed by atoms with E-state index in [2.05, 4.69) is 10.3 Å². The standard InChI is InChI=1S/C17H22N4O5S/c1-11(22)19-12-3-4-13-14(10-18-15(13)9-12)16(17(23)24)20-5-7-21(8-6-20)27(2,25)26/h3-4,9-10,16,18H,5-8H2,1-2H3,(H,19,22)(H,23,24)/t16-/m0/s1. The second-order valence-corrected chi connectivity index (χ2v) is 8.61. The van der Waals surface area contributed by atoms with E-state index in [-0.39, 0.29) is 19.0 Å². The molecule has 3 N–H and O–H groups in total. The highest BCUT2D eigenvalue weighted by Gasteiger charge is 2.33. The lowest BCUT2D eigenvalue weighted by atomic mass is 10.0. The summed E-state index contributed by atoms with van der Waals surface area (Å²) >= 11 is 0. The van der Waals surface area contributed by atoms with Crippen LogP contribution < -0.4 is 5.32 Å². The number of hydrogen-bond donors (Lipinski definition) is 3. The zero-order chi connectivity index (χ0) is 19.8. The predicted octanol–water partition coefficient (Wildman–Crippen LogP) is 0.829. The van der Waals surface area contributed by atoms with Crippen molar-refractivity contribution in [3.8, 4) is 0 Å². The van der Waals surface area contributed by atoms with E-state index in [9.17, 15) is 23.1 Å². The molecule has 1 aromatic carbocycles. The smallest absolute Gasteiger partial charge is 0.325 e. The van der Waals surface area contributed by atoms with E-state index in [0.29, 0.717) is 24.3 Å². The van der Waals surface area contributed by atoms with Crippen LogP contribution in [0.15, 0.2) is 24.4 Å². The molecule has 27 heavy (non-hydrogen) atoms. The minimum Gasteiger partial charge on any atom is -0.480 e. The van der Waals surface area contributed by atoms with Crippen LogP contribution in [0.1, 0.15) is 18.5 Å². The number of amides is 1. The first kappa shape index (κ1) is 19.3. The Kier molecular flexibility index (Phi) is 5.22. The summed E-state index contributed by atoms with van der Waals surface area (Å²) in [4.78, 5) is 28.0. The van der Waals surface area contributed by atoms with Gasteiger partial charge in [0.15, 0.2) is 0 Å². The number of nitrogens with zero attached hydrogens (tertiary/aromatic N) is 2. The summed E-state index contributed by atoms with van der Waals surface area (Å²) in [6.07, 6.45) is 2.81. The Balaban J connectivity index is 1.88. The van der Waals surface area contributed by atoms with E-state index < -0.39 is 22.0 Å². The molecule has 0 saturated carbocycles. The molecule has 0 radical (unpaired) electrons. The maximum absolute atomic E-state index is 12.0. The van der Waals surface area contributed by atoms with E-state index >= 15 is 0 Å². The number of sulfonamides is 1. The zero-order valence-corrected chi connectivity index (χ0v) is 15.9. The molecule has 1 saturated heterocycles. The lowest BCUT2D eigenvalue weighted by Crippen LogP contribution is -2.50. The molecule has 1 aromatic heterocycles. The van der Waals surface area contributed by atoms with Crippen LogP contribution in [0, 0.1) is 0 Å². The van der Waals surface area contributed by atoms with Gasteiger partial charge in [-0.2, -0.15) is 4.31 Å². The second-order valence-electron chi connectivity index (χ2n) is 6.62. The van der Waals surface area contributed by atoms with Crippen molar-refractivity contribution in [3.05, 3.63) is 30.0 Å². The van der Waals surface area contributed by atoms with Gasteiger partial charge in [-0.25, -0.2) is 8.42 Å². The van der Waals surface area contributed by atoms with Crippen molar-refractivity contribution in [2.45, 2.75) is 13.0 Å². The van der Waals surface area contributed by atoms with Gasteiger partial charge in [0.05, 0.1) is 6.26 Å². The highest BCUT2D eigenvalue weighted by atomic mass is 32.2. The molecule has 146 valence electrons. The molecule has 1 aliphatic rings. The fraction of sp³-hybridized carbons (Fsp3) is 0.412. The summed E-state index contributed by atoms with van der Waals surface area (Å²) < 4.78 is 24.7. The minimum atomic E-state index is -3.28. The lowest BCUT2D eigenvalue weighted by molar-refractivity contribution is -0.144. The van der Waals surface area contributed by atoms with Gasteiger partial charge in [-0.15, -0.1) is 0 Å². The third kappa shape index (κ3) is 4.12. The van der Waals surface area contributed by atoms with E-state index in [1.807, 2.05) is 0 Å². The number of anilines is 1. The number of aromatic nitrogens is 1. The highest BCUT2D eigenvalue weighted by molar-refractivity contribution is 7.88. The lowest BCUT2D eigenvalue weighted by Gasteiger charge is -2.36. The number of carboxylic acid groups (broad SMARTS) is 1. The van der Waals surface area contributed by atoms with E-state index in [1.54, 1.807) is 29.3 Å². The quantitative estimate of drug-likeness (QED) is 0.690. The van der Waals surface area contributed by atoms with Gasteiger partial charge < -0.3 is 15.4 Å². The van der Waals surface area contributed by atoms with E-state index in [1.165, 1.54) is 11.2 Å². The first-order valence-electron chi connectivity index (χ1n) is 8.47. The summed E-state index contributed by atoms with van der Waals surface area (Å²) in [6, 6.07) is 4.37. The SMILES string of the molecule is CC(=O)Nc1ccc2c([C@@H](C(=O)O)N3CCN(S(C)(=O)=O)CC3)c[nH]c2c1. The molecule has 2 aromatic rings. The van der Waals surface area contributed by atoms with Gasteiger partial charge in [-0.3, -0.25) is 14.5 Å². The maximum Gasteiger partial charge on any atom is 0.325 e. The van der Waals surface area contributed by atoms with Crippen LogP contribution in [0.4, 0.5) is 5.69 Å². The number of H-pyrrole nitrogens is 1. The zero-order valence-electron chi connectivity index (χ0n) is 15.1. The van der Waals surface area contributed by atoms with Gasteiger partial charge in [0, 0.05) is 61.5 Å². The third-order valence-corrected chi connectivity index (χ3v) is 5.97. The molecule has 1 aliphatic heterocycles. The fourth-order valence-electron chi connectivity index (χ4n) is 3.44. The fourth-order valence-corrected chi connectivity index (χ4v) is 4.26. The van der Waals surface area contributed by atoms with Gasteiger partial charge in [0.25, 0.3) is 0 Å². The maximum atomic E-state index is 12.0. The van der Waals surface area contributed by atoms with Crippen molar-refractivity contribution in [2.75, 3.05) is 37.8 Å². The van der Waals surface area contributed by atoms with Gasteiger partial charge in [0.2, 0.25) is 15.9 Å². The highest BCUT2D eigenvalue weighted by Crippen LogP contribution is 2.31. The van der Waals surface area contributed by atoms with Crippen LogP contribution in [-0.4, -0.2) is 72.0 Å². The topological polar surface area (TPSA) is 123 Å². The first-order chi connectivity index (χ1) is 12.7. The Morgan fingerprint density at radius 1 is 1.22 bits per heavy atom. The van der Waals surface area contributed by atoms with Crippen molar-refractivity contribution in [3.63, 3.8) is 0 Å². The Bertz CT molecular complexity index is 976. The van der Waals surface area contributed by atoms with Crippen molar-refractivity contribution < 1.29 is 23.1 Å². The summed E-state index contributed by atoms with van der Waals surface area (Å²) in [5.74, 6) is -1.18. The summed E-state index contributed by atoms with van der Waals surface area (Å²) in [5, 5.41) is 13.3. The molecule has 9 nitrogen and oxygen atoms in total. The molecule has 10 heteroatoms. The average Bonchev–Trinajstić information content (AvgIpc) is 2.97. The number of carbonyl (C=O) groups excluding carboxylic acids is 1. The van der Waals surface area contributed by atoms with E-state index in [4.69, 9.17) is 0 Å². The Hall–Kier alpha value is -2.43. The number of carboxylic acids is 1. The largest absolute Gasteiger partial charge is 0.480 e.